The van der Waals surface area contributed by atoms with Crippen molar-refractivity contribution in [3.05, 3.63) is 0 Å². The Kier molecular flexibility index (Phi) is 3.79. The van der Waals surface area contributed by atoms with Gasteiger partial charge in [-0.15, -0.1) is 11.6 Å². The molecule has 0 aromatic heterocycles. The van der Waals surface area contributed by atoms with E-state index >= 15 is 0 Å². The second-order valence-electron chi connectivity index (χ2n) is 6.98. The number of ketones is 1. The average molecular weight is 289 g/mol. The Bertz CT molecular complexity index is 382. The molecule has 19 heavy (non-hydrogen) atoms. The molecular weight excluding hydrogens is 264 g/mol. The van der Waals surface area contributed by atoms with E-state index in [4.69, 9.17) is 11.6 Å². The fourth-order valence-corrected chi connectivity index (χ4v) is 4.86. The molecule has 3 nitrogen and oxygen atoms in total. The van der Waals surface area contributed by atoms with Gasteiger partial charge in [0, 0.05) is 0 Å². The second-order valence-corrected chi connectivity index (χ2v) is 7.49. The molecule has 0 spiro atoms. The van der Waals surface area contributed by atoms with Crippen LogP contribution < -0.4 is 0 Å². The van der Waals surface area contributed by atoms with Crippen molar-refractivity contribution in [3.8, 4) is 0 Å². The highest BCUT2D eigenvalue weighted by atomic mass is 35.5. The van der Waals surface area contributed by atoms with Crippen molar-refractivity contribution in [3.63, 3.8) is 0 Å². The van der Waals surface area contributed by atoms with Crippen molar-refractivity contribution < 1.29 is 15.0 Å². The third kappa shape index (κ3) is 1.97. The minimum Gasteiger partial charge on any atom is -0.389 e. The van der Waals surface area contributed by atoms with E-state index in [0.717, 1.165) is 19.3 Å². The van der Waals surface area contributed by atoms with Crippen LogP contribution in [0.25, 0.3) is 0 Å². The van der Waals surface area contributed by atoms with E-state index in [0.29, 0.717) is 5.92 Å². The zero-order chi connectivity index (χ0) is 14.6. The molecule has 0 radical (unpaired) electrons. The molecule has 2 rings (SSSR count). The normalized spacial score (nSPS) is 54.6. The van der Waals surface area contributed by atoms with Gasteiger partial charge in [-0.3, -0.25) is 4.79 Å². The number of carbonyl (C=O) groups excluding carboxylic acids is 1. The number of rotatable bonds is 1. The molecule has 2 aliphatic carbocycles. The van der Waals surface area contributed by atoms with Crippen molar-refractivity contribution in [2.45, 2.75) is 64.0 Å². The van der Waals surface area contributed by atoms with Crippen molar-refractivity contribution in [2.75, 3.05) is 0 Å². The first kappa shape index (κ1) is 15.3. The van der Waals surface area contributed by atoms with E-state index in [1.165, 1.54) is 6.92 Å². The fourth-order valence-electron chi connectivity index (χ4n) is 4.34. The molecular formula is C15H25ClO3. The Morgan fingerprint density at radius 3 is 2.42 bits per heavy atom. The largest absolute Gasteiger partial charge is 0.389 e. The van der Waals surface area contributed by atoms with Gasteiger partial charge in [0.15, 0.2) is 0 Å². The van der Waals surface area contributed by atoms with Crippen LogP contribution in [0.2, 0.25) is 0 Å². The van der Waals surface area contributed by atoms with Crippen LogP contribution in [-0.2, 0) is 4.79 Å². The summed E-state index contributed by atoms with van der Waals surface area (Å²) in [4.78, 5) is 12.2. The molecule has 0 aromatic rings. The second kappa shape index (κ2) is 4.71. The number of hydrogen-bond donors (Lipinski definition) is 2. The van der Waals surface area contributed by atoms with Gasteiger partial charge in [0.1, 0.15) is 11.4 Å². The predicted octanol–water partition coefficient (Wildman–Crippen LogP) is 2.37. The van der Waals surface area contributed by atoms with Gasteiger partial charge in [-0.1, -0.05) is 13.3 Å². The number of hydrogen-bond acceptors (Lipinski definition) is 3. The predicted molar refractivity (Wildman–Crippen MR) is 75.1 cm³/mol. The van der Waals surface area contributed by atoms with Crippen molar-refractivity contribution in [1.29, 1.82) is 0 Å². The van der Waals surface area contributed by atoms with E-state index in [9.17, 15) is 15.0 Å². The molecule has 110 valence electrons. The summed E-state index contributed by atoms with van der Waals surface area (Å²) >= 11 is 6.40. The Morgan fingerprint density at radius 1 is 1.32 bits per heavy atom. The maximum Gasteiger partial charge on any atom is 0.138 e. The van der Waals surface area contributed by atoms with Crippen LogP contribution in [0.5, 0.6) is 0 Å². The van der Waals surface area contributed by atoms with Gasteiger partial charge in [0.05, 0.1) is 16.9 Å². The maximum absolute atomic E-state index is 12.2. The minimum absolute atomic E-state index is 0.0512. The summed E-state index contributed by atoms with van der Waals surface area (Å²) in [6.45, 7) is 7.06. The summed E-state index contributed by atoms with van der Waals surface area (Å²) < 4.78 is 0. The van der Waals surface area contributed by atoms with Crippen LogP contribution in [0.3, 0.4) is 0 Å². The van der Waals surface area contributed by atoms with Gasteiger partial charge in [0.2, 0.25) is 0 Å². The number of alkyl halides is 1. The van der Waals surface area contributed by atoms with E-state index in [1.54, 1.807) is 13.8 Å². The molecule has 0 amide bonds. The highest BCUT2D eigenvalue weighted by molar-refractivity contribution is 6.21. The van der Waals surface area contributed by atoms with E-state index in [-0.39, 0.29) is 17.6 Å². The lowest BCUT2D eigenvalue weighted by Gasteiger charge is -2.59. The van der Waals surface area contributed by atoms with E-state index in [2.05, 4.69) is 6.92 Å². The summed E-state index contributed by atoms with van der Waals surface area (Å²) in [6, 6.07) is 0. The molecule has 2 aliphatic rings. The molecule has 0 heterocycles. The summed E-state index contributed by atoms with van der Waals surface area (Å²) in [6.07, 6.45) is 1.82. The molecule has 0 aliphatic heterocycles. The average Bonchev–Trinajstić information content (AvgIpc) is 2.34. The quantitative estimate of drug-likeness (QED) is 0.728. The Labute approximate surface area is 120 Å². The summed E-state index contributed by atoms with van der Waals surface area (Å²) in [5.41, 5.74) is -2.38. The maximum atomic E-state index is 12.2. The Hall–Kier alpha value is -0.120. The van der Waals surface area contributed by atoms with Crippen LogP contribution in [0, 0.1) is 23.2 Å². The zero-order valence-electron chi connectivity index (χ0n) is 12.2. The summed E-state index contributed by atoms with van der Waals surface area (Å²) in [5, 5.41) is 20.7. The van der Waals surface area contributed by atoms with Gasteiger partial charge < -0.3 is 10.2 Å². The first-order valence-electron chi connectivity index (χ1n) is 7.19. The summed E-state index contributed by atoms with van der Waals surface area (Å²) in [7, 11) is 0. The van der Waals surface area contributed by atoms with Crippen LogP contribution in [-0.4, -0.2) is 33.1 Å². The number of carbonyl (C=O) groups is 1. The minimum atomic E-state index is -1.47. The van der Waals surface area contributed by atoms with Gasteiger partial charge in [-0.05, 0) is 51.4 Å². The van der Waals surface area contributed by atoms with Crippen molar-refractivity contribution in [1.82, 2.24) is 0 Å². The lowest BCUT2D eigenvalue weighted by Crippen LogP contribution is -2.69. The lowest BCUT2D eigenvalue weighted by molar-refractivity contribution is -0.210. The number of fused-ring (bicyclic) bond motifs is 1. The van der Waals surface area contributed by atoms with Gasteiger partial charge in [0.25, 0.3) is 0 Å². The third-order valence-electron chi connectivity index (χ3n) is 5.97. The van der Waals surface area contributed by atoms with Gasteiger partial charge in [-0.25, -0.2) is 0 Å². The number of halogens is 1. The first-order valence-corrected chi connectivity index (χ1v) is 7.63. The molecule has 2 N–H and O–H groups in total. The standard InChI is InChI=1S/C15H25ClO3/c1-8-5-6-11-10(7-8)12(16)13(18)15(4,19)14(11,3)9(2)17/h8,10-13,18-19H,5-7H2,1-4H3/t8-,10-,11-,12-,13+,14+,15+/m0/s1. The SMILES string of the molecule is CC(=O)[C@]1(C)[C@H]2CC[C@H](C)C[C@@H]2[C@H](Cl)[C@@H](O)[C@@]1(C)O. The first-order chi connectivity index (χ1) is 8.64. The monoisotopic (exact) mass is 288 g/mol. The van der Waals surface area contributed by atoms with Crippen molar-refractivity contribution in [2.24, 2.45) is 23.2 Å². The van der Waals surface area contributed by atoms with Gasteiger partial charge >= 0.3 is 0 Å². The third-order valence-corrected chi connectivity index (χ3v) is 6.54. The Balaban J connectivity index is 2.48. The number of Topliss-reactive ketones (excluding diaryl/α,β-unsaturated/α-hetero) is 1. The highest BCUT2D eigenvalue weighted by Crippen LogP contribution is 2.57. The molecule has 0 saturated heterocycles. The molecule has 0 aromatic carbocycles. The topological polar surface area (TPSA) is 57.5 Å². The fraction of sp³-hybridized carbons (Fsp3) is 0.933. The number of aliphatic hydroxyl groups is 2. The van der Waals surface area contributed by atoms with Crippen LogP contribution in [0.4, 0.5) is 0 Å². The van der Waals surface area contributed by atoms with Crippen molar-refractivity contribution >= 4 is 17.4 Å². The summed E-state index contributed by atoms with van der Waals surface area (Å²) in [5.74, 6) is 0.676. The molecule has 2 saturated carbocycles. The smallest absolute Gasteiger partial charge is 0.138 e. The molecule has 4 heteroatoms. The van der Waals surface area contributed by atoms with Gasteiger partial charge in [-0.2, -0.15) is 0 Å². The van der Waals surface area contributed by atoms with Crippen LogP contribution >= 0.6 is 11.6 Å². The molecule has 7 atom stereocenters. The molecule has 2 fully saturated rings. The van der Waals surface area contributed by atoms with E-state index < -0.39 is 22.5 Å². The molecule has 0 unspecified atom stereocenters. The lowest BCUT2D eigenvalue weighted by atomic mass is 9.49. The zero-order valence-corrected chi connectivity index (χ0v) is 12.9. The van der Waals surface area contributed by atoms with E-state index in [1.807, 2.05) is 0 Å². The van der Waals surface area contributed by atoms with Crippen LogP contribution in [0.15, 0.2) is 0 Å². The highest BCUT2D eigenvalue weighted by Gasteiger charge is 2.64. The molecule has 0 bridgehead atoms. The van der Waals surface area contributed by atoms with Crippen LogP contribution in [0.1, 0.15) is 47.0 Å². The number of aliphatic hydroxyl groups excluding tert-OH is 1. The Morgan fingerprint density at radius 2 is 1.89 bits per heavy atom.